The van der Waals surface area contributed by atoms with E-state index in [1.165, 1.54) is 37.1 Å². The number of nitrogens with zero attached hydrogens (tertiary/aromatic N) is 2. The molecule has 0 aliphatic carbocycles. The van der Waals surface area contributed by atoms with Gasteiger partial charge in [0.05, 0.1) is 19.6 Å². The van der Waals surface area contributed by atoms with E-state index in [9.17, 15) is 23.9 Å². The highest BCUT2D eigenvalue weighted by Gasteiger charge is 2.33. The van der Waals surface area contributed by atoms with Gasteiger partial charge < -0.3 is 19.3 Å². The first-order valence-corrected chi connectivity index (χ1v) is 9.05. The van der Waals surface area contributed by atoms with Gasteiger partial charge in [0, 0.05) is 19.3 Å². The van der Waals surface area contributed by atoms with Crippen molar-refractivity contribution in [1.82, 2.24) is 9.47 Å². The lowest BCUT2D eigenvalue weighted by molar-refractivity contribution is -0.138. The molecule has 0 unspecified atom stereocenters. The van der Waals surface area contributed by atoms with Crippen LogP contribution >= 0.6 is 0 Å². The molecule has 1 N–H and O–H groups in total. The van der Waals surface area contributed by atoms with Crippen LogP contribution in [0.5, 0.6) is 5.75 Å². The Hall–Kier alpha value is -3.42. The molecule has 1 amide bonds. The number of benzene rings is 1. The van der Waals surface area contributed by atoms with Gasteiger partial charge in [-0.05, 0) is 48.4 Å². The maximum absolute atomic E-state index is 14.2. The molecule has 0 saturated carbocycles. The van der Waals surface area contributed by atoms with E-state index in [1.54, 1.807) is 29.0 Å². The number of hydrogen-bond acceptors (Lipinski definition) is 4. The second-order valence-electron chi connectivity index (χ2n) is 6.80. The highest BCUT2D eigenvalue weighted by molar-refractivity contribution is 5.96. The molecule has 0 spiro atoms. The number of aliphatic carboxylic acids is 1. The molecule has 1 aliphatic rings. The number of rotatable bonds is 7. The van der Waals surface area contributed by atoms with Crippen LogP contribution < -0.4 is 4.74 Å². The molecule has 1 aromatic carbocycles. The molecule has 1 atom stereocenters. The minimum atomic E-state index is -1.09. The van der Waals surface area contributed by atoms with Gasteiger partial charge in [-0.1, -0.05) is 6.07 Å². The lowest BCUT2D eigenvalue weighted by Crippen LogP contribution is -2.43. The van der Waals surface area contributed by atoms with Gasteiger partial charge in [-0.2, -0.15) is 0 Å². The lowest BCUT2D eigenvalue weighted by atomic mass is 10.00. The van der Waals surface area contributed by atoms with E-state index in [4.69, 9.17) is 4.74 Å². The average molecular weight is 400 g/mol. The zero-order chi connectivity index (χ0) is 21.1. The van der Waals surface area contributed by atoms with Crippen LogP contribution in [0, 0.1) is 5.82 Å². The van der Waals surface area contributed by atoms with Gasteiger partial charge in [0.2, 0.25) is 0 Å². The first kappa shape index (κ1) is 20.3. The van der Waals surface area contributed by atoms with Crippen LogP contribution in [-0.4, -0.2) is 45.9 Å². The zero-order valence-electron chi connectivity index (χ0n) is 16.1. The number of amides is 1. The summed E-state index contributed by atoms with van der Waals surface area (Å²) < 4.78 is 20.9. The minimum absolute atomic E-state index is 0.0450. The first-order chi connectivity index (χ1) is 13.8. The van der Waals surface area contributed by atoms with E-state index in [1.807, 2.05) is 0 Å². The molecule has 8 heteroatoms. The van der Waals surface area contributed by atoms with Gasteiger partial charge in [0.15, 0.2) is 17.3 Å². The third-order valence-corrected chi connectivity index (χ3v) is 4.79. The van der Waals surface area contributed by atoms with Crippen molar-refractivity contribution in [2.75, 3.05) is 13.7 Å². The number of hydrogen-bond donors (Lipinski definition) is 1. The highest BCUT2D eigenvalue weighted by Crippen LogP contribution is 2.31. The molecule has 0 bridgehead atoms. The number of ketones is 1. The second kappa shape index (κ2) is 8.30. The largest absolute Gasteiger partial charge is 0.494 e. The van der Waals surface area contributed by atoms with Gasteiger partial charge >= 0.3 is 5.97 Å². The molecule has 0 fully saturated rings. The smallest absolute Gasteiger partial charge is 0.305 e. The van der Waals surface area contributed by atoms with Crippen molar-refractivity contribution < 1.29 is 28.6 Å². The normalized spacial score (nSPS) is 14.7. The molecule has 7 nitrogen and oxygen atoms in total. The monoisotopic (exact) mass is 400 g/mol. The Labute approximate surface area is 167 Å². The van der Waals surface area contributed by atoms with Crippen molar-refractivity contribution in [1.29, 1.82) is 0 Å². The number of ether oxygens (including phenoxy) is 1. The van der Waals surface area contributed by atoms with Crippen molar-refractivity contribution in [3.05, 3.63) is 59.2 Å². The highest BCUT2D eigenvalue weighted by atomic mass is 19.1. The van der Waals surface area contributed by atoms with Crippen LogP contribution in [0.4, 0.5) is 4.39 Å². The van der Waals surface area contributed by atoms with Crippen LogP contribution in [0.3, 0.4) is 0 Å². The number of carbonyl (C=O) groups is 3. The summed E-state index contributed by atoms with van der Waals surface area (Å²) in [6.45, 7) is 2.18. The summed E-state index contributed by atoms with van der Waals surface area (Å²) in [5, 5.41) is 9.35. The number of methoxy groups -OCH3 is 1. The maximum atomic E-state index is 14.2. The van der Waals surface area contributed by atoms with E-state index in [0.717, 1.165) is 0 Å². The summed E-state index contributed by atoms with van der Waals surface area (Å²) in [5.41, 5.74) is 1.48. The van der Waals surface area contributed by atoms with Crippen LogP contribution in [-0.2, 0) is 16.1 Å². The number of carboxylic acids is 1. The minimum Gasteiger partial charge on any atom is -0.494 e. The number of allylic oxidation sites excluding steroid dienone is 1. The summed E-state index contributed by atoms with van der Waals surface area (Å²) in [5.74, 6) is -2.12. The standard InChI is InChI=1S/C21H21FN2O5/c1-13(25)3-4-14-9-18-21(28)24(8-7-23(18)12-14)17(11-20(26)27)15-5-6-19(29-2)16(22)10-15/h3-6,9-10,12,17H,7-8,11H2,1-2H3,(H,26,27)/b4-3+/t17-/m0/s1. The fraction of sp³-hybridized carbons (Fsp3) is 0.286. The molecular formula is C21H21FN2O5. The Morgan fingerprint density at radius 2 is 2.07 bits per heavy atom. The Bertz CT molecular complexity index is 995. The number of fused-ring (bicyclic) bond motifs is 1. The predicted molar refractivity (Wildman–Crippen MR) is 103 cm³/mol. The van der Waals surface area contributed by atoms with Crippen molar-refractivity contribution >= 4 is 23.7 Å². The van der Waals surface area contributed by atoms with Gasteiger partial charge in [-0.15, -0.1) is 0 Å². The van der Waals surface area contributed by atoms with Crippen molar-refractivity contribution in [2.24, 2.45) is 0 Å². The van der Waals surface area contributed by atoms with E-state index in [2.05, 4.69) is 0 Å². The number of halogens is 1. The number of aromatic nitrogens is 1. The molecule has 152 valence electrons. The summed E-state index contributed by atoms with van der Waals surface area (Å²) >= 11 is 0. The van der Waals surface area contributed by atoms with Crippen LogP contribution in [0.15, 0.2) is 36.5 Å². The fourth-order valence-electron chi connectivity index (χ4n) is 3.43. The van der Waals surface area contributed by atoms with Gasteiger partial charge in [-0.3, -0.25) is 14.4 Å². The molecule has 1 aliphatic heterocycles. The summed E-state index contributed by atoms with van der Waals surface area (Å²) in [6, 6.07) is 5.02. The SMILES string of the molecule is COc1ccc([C@H](CC(=O)O)N2CCn3cc(/C=C/C(C)=O)cc3C2=O)cc1F. The van der Waals surface area contributed by atoms with E-state index >= 15 is 0 Å². The maximum Gasteiger partial charge on any atom is 0.305 e. The Morgan fingerprint density at radius 3 is 2.69 bits per heavy atom. The topological polar surface area (TPSA) is 88.8 Å². The van der Waals surface area contributed by atoms with E-state index < -0.39 is 17.8 Å². The van der Waals surface area contributed by atoms with Gasteiger partial charge in [-0.25, -0.2) is 4.39 Å². The van der Waals surface area contributed by atoms with Crippen molar-refractivity contribution in [3.63, 3.8) is 0 Å². The van der Waals surface area contributed by atoms with Crippen LogP contribution in [0.1, 0.15) is 41.0 Å². The Balaban J connectivity index is 1.94. The van der Waals surface area contributed by atoms with Gasteiger partial charge in [0.1, 0.15) is 5.69 Å². The zero-order valence-corrected chi connectivity index (χ0v) is 16.1. The molecule has 1 aromatic heterocycles. The van der Waals surface area contributed by atoms with E-state index in [-0.39, 0.29) is 30.4 Å². The summed E-state index contributed by atoms with van der Waals surface area (Å²) in [6.07, 6.45) is 4.45. The predicted octanol–water partition coefficient (Wildman–Crippen LogP) is 2.91. The fourth-order valence-corrected chi connectivity index (χ4v) is 3.43. The van der Waals surface area contributed by atoms with Crippen LogP contribution in [0.2, 0.25) is 0 Å². The third kappa shape index (κ3) is 4.37. The van der Waals surface area contributed by atoms with E-state index in [0.29, 0.717) is 23.4 Å². The van der Waals surface area contributed by atoms with Gasteiger partial charge in [0.25, 0.3) is 5.91 Å². The Morgan fingerprint density at radius 1 is 1.31 bits per heavy atom. The molecule has 3 rings (SSSR count). The number of carboxylic acid groups (broad SMARTS) is 1. The second-order valence-corrected chi connectivity index (χ2v) is 6.80. The average Bonchev–Trinajstić information content (AvgIpc) is 3.09. The van der Waals surface area contributed by atoms with Crippen LogP contribution in [0.25, 0.3) is 6.08 Å². The van der Waals surface area contributed by atoms with Crippen molar-refractivity contribution in [2.45, 2.75) is 25.9 Å². The lowest BCUT2D eigenvalue weighted by Gasteiger charge is -2.35. The molecular weight excluding hydrogens is 379 g/mol. The first-order valence-electron chi connectivity index (χ1n) is 9.05. The molecule has 0 radical (unpaired) electrons. The Kier molecular flexibility index (Phi) is 5.81. The molecule has 2 aromatic rings. The third-order valence-electron chi connectivity index (χ3n) is 4.79. The summed E-state index contributed by atoms with van der Waals surface area (Å²) in [7, 11) is 1.34. The quantitative estimate of drug-likeness (QED) is 0.722. The summed E-state index contributed by atoms with van der Waals surface area (Å²) in [4.78, 5) is 37.1. The van der Waals surface area contributed by atoms with Crippen molar-refractivity contribution in [3.8, 4) is 5.75 Å². The molecule has 29 heavy (non-hydrogen) atoms. The number of carbonyl (C=O) groups excluding carboxylic acids is 2. The molecule has 2 heterocycles. The molecule has 0 saturated heterocycles.